The average Bonchev–Trinajstić information content (AvgIpc) is 2.74. The van der Waals surface area contributed by atoms with Crippen LogP contribution in [0.3, 0.4) is 0 Å². The van der Waals surface area contributed by atoms with E-state index in [2.05, 4.69) is 12.2 Å². The van der Waals surface area contributed by atoms with Crippen molar-refractivity contribution in [2.24, 2.45) is 0 Å². The van der Waals surface area contributed by atoms with E-state index in [1.54, 1.807) is 48.5 Å². The van der Waals surface area contributed by atoms with Crippen LogP contribution in [0.25, 0.3) is 0 Å². The van der Waals surface area contributed by atoms with Crippen molar-refractivity contribution in [3.05, 3.63) is 93.5 Å². The number of rotatable bonds is 7. The van der Waals surface area contributed by atoms with Crippen molar-refractivity contribution < 1.29 is 14.3 Å². The van der Waals surface area contributed by atoms with E-state index in [0.29, 0.717) is 32.6 Å². The van der Waals surface area contributed by atoms with Crippen molar-refractivity contribution in [1.82, 2.24) is 0 Å². The van der Waals surface area contributed by atoms with Crippen LogP contribution in [-0.2, 0) is 6.42 Å². The molecule has 29 heavy (non-hydrogen) atoms. The zero-order valence-corrected chi connectivity index (χ0v) is 17.3. The Balaban J connectivity index is 1.62. The number of aryl methyl sites for hydroxylation is 1. The minimum atomic E-state index is -0.326. The Morgan fingerprint density at radius 2 is 1.62 bits per heavy atom. The van der Waals surface area contributed by atoms with Crippen molar-refractivity contribution in [1.29, 1.82) is 0 Å². The molecule has 0 aliphatic carbocycles. The number of anilines is 1. The van der Waals surface area contributed by atoms with Crippen LogP contribution in [0.1, 0.15) is 33.2 Å². The molecule has 0 saturated carbocycles. The van der Waals surface area contributed by atoms with Gasteiger partial charge in [0.2, 0.25) is 0 Å². The van der Waals surface area contributed by atoms with E-state index >= 15 is 0 Å². The lowest BCUT2D eigenvalue weighted by Crippen LogP contribution is -2.13. The van der Waals surface area contributed by atoms with Gasteiger partial charge in [0.15, 0.2) is 12.4 Å². The van der Waals surface area contributed by atoms with Crippen LogP contribution in [0.5, 0.6) is 5.75 Å². The fourth-order valence-electron chi connectivity index (χ4n) is 2.66. The van der Waals surface area contributed by atoms with Crippen LogP contribution >= 0.6 is 23.2 Å². The van der Waals surface area contributed by atoms with Crippen LogP contribution in [-0.4, -0.2) is 18.3 Å². The first-order valence-electron chi connectivity index (χ1n) is 9.07. The van der Waals surface area contributed by atoms with Crippen LogP contribution in [0.2, 0.25) is 10.0 Å². The van der Waals surface area contributed by atoms with Crippen molar-refractivity contribution in [2.45, 2.75) is 13.3 Å². The van der Waals surface area contributed by atoms with Crippen molar-refractivity contribution in [3.63, 3.8) is 0 Å². The lowest BCUT2D eigenvalue weighted by Gasteiger charge is -2.10. The first kappa shape index (κ1) is 20.9. The summed E-state index contributed by atoms with van der Waals surface area (Å²) in [6.07, 6.45) is 0.922. The van der Waals surface area contributed by atoms with Crippen molar-refractivity contribution in [2.75, 3.05) is 11.9 Å². The normalized spacial score (nSPS) is 10.4. The number of ketones is 1. The van der Waals surface area contributed by atoms with Crippen LogP contribution in [0, 0.1) is 0 Å². The molecule has 0 radical (unpaired) electrons. The molecule has 0 heterocycles. The molecule has 0 atom stereocenters. The van der Waals surface area contributed by atoms with Gasteiger partial charge in [-0.15, -0.1) is 0 Å². The van der Waals surface area contributed by atoms with Crippen LogP contribution < -0.4 is 10.1 Å². The topological polar surface area (TPSA) is 55.4 Å². The van der Waals surface area contributed by atoms with Gasteiger partial charge in [-0.05, 0) is 42.3 Å². The maximum Gasteiger partial charge on any atom is 0.255 e. The third-order valence-electron chi connectivity index (χ3n) is 4.33. The second-order valence-corrected chi connectivity index (χ2v) is 7.19. The van der Waals surface area contributed by atoms with Gasteiger partial charge in [-0.25, -0.2) is 0 Å². The standard InChI is InChI=1S/C23H19Cl2NO3/c1-2-15-6-8-16(9-7-15)22(27)14-29-19-5-3-4-18(13-19)26-23(28)17-10-11-20(24)21(25)12-17/h3-13H,2,14H2,1H3,(H,26,28). The third kappa shape index (κ3) is 5.59. The van der Waals surface area contributed by atoms with Gasteiger partial charge in [0.1, 0.15) is 5.75 Å². The highest BCUT2D eigenvalue weighted by Gasteiger charge is 2.10. The maximum absolute atomic E-state index is 12.4. The van der Waals surface area contributed by atoms with Crippen molar-refractivity contribution in [3.8, 4) is 5.75 Å². The van der Waals surface area contributed by atoms with Gasteiger partial charge in [-0.1, -0.05) is 60.5 Å². The largest absolute Gasteiger partial charge is 0.485 e. The fourth-order valence-corrected chi connectivity index (χ4v) is 2.96. The molecule has 148 valence electrons. The van der Waals surface area contributed by atoms with E-state index < -0.39 is 0 Å². The van der Waals surface area contributed by atoms with Gasteiger partial charge in [0.25, 0.3) is 5.91 Å². The summed E-state index contributed by atoms with van der Waals surface area (Å²) in [7, 11) is 0. The number of hydrogen-bond acceptors (Lipinski definition) is 3. The average molecular weight is 428 g/mol. The number of Topliss-reactive ketones (excluding diaryl/α,β-unsaturated/α-hetero) is 1. The molecule has 0 aliphatic heterocycles. The minimum absolute atomic E-state index is 0.0876. The summed E-state index contributed by atoms with van der Waals surface area (Å²) in [5.74, 6) is 0.0428. The van der Waals surface area contributed by atoms with Gasteiger partial charge in [-0.2, -0.15) is 0 Å². The minimum Gasteiger partial charge on any atom is -0.485 e. The highest BCUT2D eigenvalue weighted by molar-refractivity contribution is 6.42. The van der Waals surface area contributed by atoms with E-state index in [0.717, 1.165) is 6.42 Å². The lowest BCUT2D eigenvalue weighted by molar-refractivity contribution is 0.0920. The molecule has 3 aromatic carbocycles. The molecule has 1 N–H and O–H groups in total. The SMILES string of the molecule is CCc1ccc(C(=O)COc2cccc(NC(=O)c3ccc(Cl)c(Cl)c3)c2)cc1. The number of benzene rings is 3. The monoisotopic (exact) mass is 427 g/mol. The number of nitrogens with one attached hydrogen (secondary N) is 1. The number of carbonyl (C=O) groups is 2. The second kappa shape index (κ2) is 9.59. The fraction of sp³-hybridized carbons (Fsp3) is 0.130. The first-order chi connectivity index (χ1) is 14.0. The maximum atomic E-state index is 12.4. The molecule has 0 bridgehead atoms. The Hall–Kier alpha value is -2.82. The van der Waals surface area contributed by atoms with E-state index in [1.807, 2.05) is 12.1 Å². The molecular formula is C23H19Cl2NO3. The van der Waals surface area contributed by atoms with E-state index in [4.69, 9.17) is 27.9 Å². The Morgan fingerprint density at radius 1 is 0.897 bits per heavy atom. The molecule has 4 nitrogen and oxygen atoms in total. The molecule has 1 amide bonds. The third-order valence-corrected chi connectivity index (χ3v) is 5.07. The number of halogens is 2. The molecular weight excluding hydrogens is 409 g/mol. The lowest BCUT2D eigenvalue weighted by atomic mass is 10.1. The van der Waals surface area contributed by atoms with Gasteiger partial charge < -0.3 is 10.1 Å². The highest BCUT2D eigenvalue weighted by atomic mass is 35.5. The van der Waals surface area contributed by atoms with E-state index in [-0.39, 0.29) is 18.3 Å². The zero-order chi connectivity index (χ0) is 20.8. The second-order valence-electron chi connectivity index (χ2n) is 6.37. The van der Waals surface area contributed by atoms with Gasteiger partial charge >= 0.3 is 0 Å². The number of hydrogen-bond donors (Lipinski definition) is 1. The number of ether oxygens (including phenoxy) is 1. The molecule has 0 aromatic heterocycles. The molecule has 0 saturated heterocycles. The molecule has 0 unspecified atom stereocenters. The molecule has 0 fully saturated rings. The predicted octanol–water partition coefficient (Wildman–Crippen LogP) is 6.07. The Kier molecular flexibility index (Phi) is 6.91. The summed E-state index contributed by atoms with van der Waals surface area (Å²) < 4.78 is 5.60. The number of carbonyl (C=O) groups excluding carboxylic acids is 2. The first-order valence-corrected chi connectivity index (χ1v) is 9.83. The molecule has 6 heteroatoms. The van der Waals surface area contributed by atoms with Gasteiger partial charge in [-0.3, -0.25) is 9.59 Å². The number of amides is 1. The van der Waals surface area contributed by atoms with Gasteiger partial charge in [0, 0.05) is 22.9 Å². The molecule has 3 aromatic rings. The highest BCUT2D eigenvalue weighted by Crippen LogP contribution is 2.24. The Labute approximate surface area is 179 Å². The zero-order valence-electron chi connectivity index (χ0n) is 15.7. The summed E-state index contributed by atoms with van der Waals surface area (Å²) in [6, 6.07) is 19.0. The summed E-state index contributed by atoms with van der Waals surface area (Å²) in [6.45, 7) is 1.98. The summed E-state index contributed by atoms with van der Waals surface area (Å²) >= 11 is 11.8. The summed E-state index contributed by atoms with van der Waals surface area (Å²) in [4.78, 5) is 24.7. The van der Waals surface area contributed by atoms with Crippen LogP contribution in [0.4, 0.5) is 5.69 Å². The predicted molar refractivity (Wildman–Crippen MR) is 117 cm³/mol. The van der Waals surface area contributed by atoms with E-state index in [9.17, 15) is 9.59 Å². The Morgan fingerprint density at radius 3 is 2.31 bits per heavy atom. The summed E-state index contributed by atoms with van der Waals surface area (Å²) in [5, 5.41) is 3.46. The van der Waals surface area contributed by atoms with Crippen molar-refractivity contribution >= 4 is 40.6 Å². The Bertz CT molecular complexity index is 1030. The smallest absolute Gasteiger partial charge is 0.255 e. The van der Waals surface area contributed by atoms with Gasteiger partial charge in [0.05, 0.1) is 10.0 Å². The molecule has 0 spiro atoms. The summed E-state index contributed by atoms with van der Waals surface area (Å²) in [5.41, 5.74) is 2.70. The quantitative estimate of drug-likeness (QED) is 0.465. The van der Waals surface area contributed by atoms with E-state index in [1.165, 1.54) is 11.6 Å². The molecule has 3 rings (SSSR count). The molecule has 0 aliphatic rings. The van der Waals surface area contributed by atoms with Crippen LogP contribution in [0.15, 0.2) is 66.7 Å².